The number of nitrogens with zero attached hydrogens (tertiary/aromatic N) is 6. The van der Waals surface area contributed by atoms with E-state index < -0.39 is 5.41 Å². The molecule has 0 saturated heterocycles. The average molecular weight is 945 g/mol. The number of aromatic nitrogens is 4. The molecular formula is C46H46Cl4N10O4. The molecule has 0 saturated carbocycles. The molecule has 8 rings (SSSR count). The van der Waals surface area contributed by atoms with Gasteiger partial charge in [0.1, 0.15) is 11.6 Å². The molecule has 332 valence electrons. The summed E-state index contributed by atoms with van der Waals surface area (Å²) in [5.41, 5.74) is 6.49. The van der Waals surface area contributed by atoms with Gasteiger partial charge in [-0.1, -0.05) is 86.2 Å². The molecule has 0 radical (unpaired) electrons. The summed E-state index contributed by atoms with van der Waals surface area (Å²) in [6.07, 6.45) is 3.88. The molecule has 4 N–H and O–H groups in total. The summed E-state index contributed by atoms with van der Waals surface area (Å²) >= 11 is 25.3. The Morgan fingerprint density at radius 2 is 1.08 bits per heavy atom. The first-order valence-electron chi connectivity index (χ1n) is 20.3. The van der Waals surface area contributed by atoms with Gasteiger partial charge in [-0.2, -0.15) is 10.2 Å². The highest BCUT2D eigenvalue weighted by atomic mass is 35.5. The number of carbonyl (C=O) groups is 4. The van der Waals surface area contributed by atoms with Gasteiger partial charge < -0.3 is 31.1 Å². The number of fused-ring (bicyclic) bond motifs is 4. The second-order valence-corrected chi connectivity index (χ2v) is 18.0. The lowest BCUT2D eigenvalue weighted by molar-refractivity contribution is -0.128. The van der Waals surface area contributed by atoms with Crippen molar-refractivity contribution >= 4 is 104 Å². The minimum atomic E-state index is -0.495. The van der Waals surface area contributed by atoms with Crippen LogP contribution in [0.15, 0.2) is 85.2 Å². The SMILES string of the molecule is CCC(=O)NCc1ccc(C(=O)N2Cc3cnn(C)c3Nc3cc(Cl)ccc32)cc1Cl.Cn1ncc2c1Nc1cc(Cl)ccc1N(C(=O)c1ccc(CNC(=O)C(C)(C)C)c(Cl)c1)C2. The fraction of sp³-hybridized carbons (Fsp3) is 0.261. The molecule has 2 aromatic heterocycles. The molecule has 14 nitrogen and oxygen atoms in total. The van der Waals surface area contributed by atoms with Crippen molar-refractivity contribution in [3.63, 3.8) is 0 Å². The Morgan fingerprint density at radius 1 is 0.641 bits per heavy atom. The van der Waals surface area contributed by atoms with Gasteiger partial charge in [0.2, 0.25) is 11.8 Å². The molecule has 0 spiro atoms. The fourth-order valence-corrected chi connectivity index (χ4v) is 7.89. The molecule has 0 aliphatic carbocycles. The van der Waals surface area contributed by atoms with Crippen LogP contribution in [0.5, 0.6) is 0 Å². The van der Waals surface area contributed by atoms with Crippen molar-refractivity contribution in [1.82, 2.24) is 30.2 Å². The van der Waals surface area contributed by atoms with Crippen molar-refractivity contribution in [2.75, 3.05) is 20.4 Å². The second-order valence-electron chi connectivity index (χ2n) is 16.3. The summed E-state index contributed by atoms with van der Waals surface area (Å²) in [4.78, 5) is 54.1. The predicted molar refractivity (Wildman–Crippen MR) is 253 cm³/mol. The number of rotatable bonds is 7. The Hall–Kier alpha value is -6.06. The maximum absolute atomic E-state index is 13.6. The van der Waals surface area contributed by atoms with Crippen molar-refractivity contribution in [2.45, 2.75) is 60.3 Å². The Bertz CT molecular complexity index is 2800. The summed E-state index contributed by atoms with van der Waals surface area (Å²) in [5, 5.41) is 22.9. The van der Waals surface area contributed by atoms with Crippen LogP contribution in [-0.2, 0) is 49.9 Å². The van der Waals surface area contributed by atoms with Gasteiger partial charge in [-0.25, -0.2) is 0 Å². The van der Waals surface area contributed by atoms with Gasteiger partial charge in [-0.15, -0.1) is 0 Å². The average Bonchev–Trinajstić information content (AvgIpc) is 3.66. The number of aryl methyl sites for hydroxylation is 2. The Labute approximate surface area is 390 Å². The Kier molecular flexibility index (Phi) is 13.6. The van der Waals surface area contributed by atoms with E-state index in [1.165, 1.54) is 0 Å². The number of hydrogen-bond acceptors (Lipinski definition) is 8. The third kappa shape index (κ3) is 10.0. The molecule has 0 bridgehead atoms. The molecule has 4 aromatic carbocycles. The van der Waals surface area contributed by atoms with Crippen LogP contribution in [0, 0.1) is 5.41 Å². The molecule has 2 aliphatic heterocycles. The quantitative estimate of drug-likeness (QED) is 0.123. The summed E-state index contributed by atoms with van der Waals surface area (Å²) in [6.45, 7) is 8.61. The Balaban J connectivity index is 0.000000192. The van der Waals surface area contributed by atoms with Crippen molar-refractivity contribution in [3.8, 4) is 0 Å². The molecule has 64 heavy (non-hydrogen) atoms. The molecule has 2 aliphatic rings. The zero-order valence-corrected chi connectivity index (χ0v) is 39.0. The van der Waals surface area contributed by atoms with Crippen LogP contribution in [0.2, 0.25) is 20.1 Å². The molecule has 4 heterocycles. The fourth-order valence-electron chi connectivity index (χ4n) is 7.05. The summed E-state index contributed by atoms with van der Waals surface area (Å²) < 4.78 is 3.45. The van der Waals surface area contributed by atoms with Crippen molar-refractivity contribution in [3.05, 3.63) is 139 Å². The largest absolute Gasteiger partial charge is 0.352 e. The van der Waals surface area contributed by atoms with Gasteiger partial charge in [0.25, 0.3) is 11.8 Å². The minimum Gasteiger partial charge on any atom is -0.352 e. The monoisotopic (exact) mass is 942 g/mol. The number of hydrogen-bond donors (Lipinski definition) is 4. The van der Waals surface area contributed by atoms with Crippen LogP contribution in [-0.4, -0.2) is 43.2 Å². The van der Waals surface area contributed by atoms with Crippen LogP contribution in [0.25, 0.3) is 0 Å². The van der Waals surface area contributed by atoms with Gasteiger partial charge in [0.15, 0.2) is 0 Å². The third-order valence-corrected chi connectivity index (χ3v) is 11.9. The third-order valence-electron chi connectivity index (χ3n) is 10.7. The maximum Gasteiger partial charge on any atom is 0.258 e. The normalized spacial score (nSPS) is 12.7. The van der Waals surface area contributed by atoms with Crippen LogP contribution in [0.4, 0.5) is 34.4 Å². The first-order valence-corrected chi connectivity index (χ1v) is 21.8. The second kappa shape index (κ2) is 19.0. The highest BCUT2D eigenvalue weighted by Gasteiger charge is 2.29. The highest BCUT2D eigenvalue weighted by molar-refractivity contribution is 6.33. The summed E-state index contributed by atoms with van der Waals surface area (Å²) in [7, 11) is 3.67. The lowest BCUT2D eigenvalue weighted by Crippen LogP contribution is -2.34. The molecule has 0 fully saturated rings. The van der Waals surface area contributed by atoms with Gasteiger partial charge in [0.05, 0.1) is 48.2 Å². The van der Waals surface area contributed by atoms with E-state index in [0.717, 1.165) is 33.9 Å². The van der Waals surface area contributed by atoms with Crippen LogP contribution >= 0.6 is 46.4 Å². The van der Waals surface area contributed by atoms with Crippen LogP contribution < -0.4 is 31.1 Å². The van der Waals surface area contributed by atoms with Gasteiger partial charge in [-0.05, 0) is 71.8 Å². The summed E-state index contributed by atoms with van der Waals surface area (Å²) in [5.74, 6) is 1.07. The standard InChI is InChI=1S/C24H25Cl2N5O2.C22H21Cl2N5O2/c1-24(2,3)23(33)27-11-15-6-5-14(9-18(15)26)22(32)31-13-16-12-28-30(4)21(16)29-19-10-17(25)7-8-20(19)31;1-3-20(30)25-10-14-5-4-13(8-17(14)24)22(31)29-12-15-11-26-28(2)21(15)27-18-9-16(23)6-7-19(18)29/h5-10,12,29H,11,13H2,1-4H3,(H,27,33);4-9,11,27H,3,10,12H2,1-2H3,(H,25,30). The number of nitrogens with one attached hydrogen (secondary N) is 4. The molecule has 18 heteroatoms. The molecule has 0 atom stereocenters. The number of carbonyl (C=O) groups excluding carboxylic acids is 4. The number of halogens is 4. The van der Waals surface area contributed by atoms with E-state index in [-0.39, 0.29) is 30.2 Å². The molecule has 6 aromatic rings. The van der Waals surface area contributed by atoms with Crippen molar-refractivity contribution in [1.29, 1.82) is 0 Å². The van der Waals surface area contributed by atoms with E-state index in [4.69, 9.17) is 46.4 Å². The zero-order valence-electron chi connectivity index (χ0n) is 35.9. The number of benzene rings is 4. The van der Waals surface area contributed by atoms with E-state index in [9.17, 15) is 19.2 Å². The summed E-state index contributed by atoms with van der Waals surface area (Å²) in [6, 6.07) is 21.0. The molecular weight excluding hydrogens is 898 g/mol. The van der Waals surface area contributed by atoms with Crippen molar-refractivity contribution < 1.29 is 19.2 Å². The number of anilines is 6. The first-order chi connectivity index (χ1) is 30.4. The highest BCUT2D eigenvalue weighted by Crippen LogP contribution is 2.40. The van der Waals surface area contributed by atoms with E-state index in [1.54, 1.807) is 99.1 Å². The van der Waals surface area contributed by atoms with E-state index in [2.05, 4.69) is 31.5 Å². The van der Waals surface area contributed by atoms with E-state index in [0.29, 0.717) is 80.0 Å². The van der Waals surface area contributed by atoms with Crippen LogP contribution in [0.1, 0.15) is 77.1 Å². The lowest BCUT2D eigenvalue weighted by atomic mass is 9.95. The van der Waals surface area contributed by atoms with Gasteiger partial charge >= 0.3 is 0 Å². The minimum absolute atomic E-state index is 0.0594. The van der Waals surface area contributed by atoms with E-state index in [1.807, 2.05) is 47.0 Å². The lowest BCUT2D eigenvalue weighted by Gasteiger charge is -2.23. The smallest absolute Gasteiger partial charge is 0.258 e. The molecule has 4 amide bonds. The zero-order chi connectivity index (χ0) is 46.0. The maximum atomic E-state index is 13.6. The Morgan fingerprint density at radius 3 is 1.48 bits per heavy atom. The van der Waals surface area contributed by atoms with E-state index >= 15 is 0 Å². The first kappa shape index (κ1) is 45.9. The van der Waals surface area contributed by atoms with Gasteiger partial charge in [0, 0.05) is 81.4 Å². The van der Waals surface area contributed by atoms with Crippen LogP contribution in [0.3, 0.4) is 0 Å². The topological polar surface area (TPSA) is 159 Å². The molecule has 0 unspecified atom stereocenters. The van der Waals surface area contributed by atoms with Crippen molar-refractivity contribution in [2.24, 2.45) is 19.5 Å². The van der Waals surface area contributed by atoms with Gasteiger partial charge in [-0.3, -0.25) is 28.5 Å². The predicted octanol–water partition coefficient (Wildman–Crippen LogP) is 9.95. The number of amides is 4.